The van der Waals surface area contributed by atoms with Gasteiger partial charge in [-0.15, -0.1) is 0 Å². The molecule has 1 aliphatic heterocycles. The number of ether oxygens (including phenoxy) is 2. The second kappa shape index (κ2) is 6.41. The van der Waals surface area contributed by atoms with Gasteiger partial charge in [0.25, 0.3) is 5.69 Å². The normalized spacial score (nSPS) is 19.0. The van der Waals surface area contributed by atoms with Gasteiger partial charge in [-0.3, -0.25) is 10.1 Å². The smallest absolute Gasteiger partial charge is 0.378 e. The van der Waals surface area contributed by atoms with E-state index in [2.05, 4.69) is 4.74 Å². The number of carbonyl (C=O) groups is 1. The van der Waals surface area contributed by atoms with Crippen LogP contribution in [0.25, 0.3) is 0 Å². The van der Waals surface area contributed by atoms with E-state index in [0.717, 1.165) is 0 Å². The Morgan fingerprint density at radius 2 is 2.09 bits per heavy atom. The van der Waals surface area contributed by atoms with Crippen LogP contribution in [0.3, 0.4) is 0 Å². The molecule has 0 aliphatic carbocycles. The molecule has 118 valence electrons. The SMILES string of the molecule is O=C1OC(C(O)CO)C(OCc2ccccc2[N+](=O)[O-])=C1O. The van der Waals surface area contributed by atoms with Crippen LogP contribution in [-0.4, -0.2) is 45.0 Å². The predicted molar refractivity (Wildman–Crippen MR) is 70.5 cm³/mol. The standard InChI is InChI=1S/C13H13NO8/c15-5-9(16)11-12(10(17)13(18)22-11)21-6-7-3-1-2-4-8(7)14(19)20/h1-4,9,11,15-17H,5-6H2. The molecule has 0 spiro atoms. The first kappa shape index (κ1) is 15.7. The molecule has 1 aromatic carbocycles. The zero-order valence-electron chi connectivity index (χ0n) is 11.2. The molecule has 0 saturated heterocycles. The van der Waals surface area contributed by atoms with Gasteiger partial charge in [-0.05, 0) is 6.07 Å². The van der Waals surface area contributed by atoms with Crippen LogP contribution in [0.1, 0.15) is 5.56 Å². The zero-order chi connectivity index (χ0) is 16.3. The van der Waals surface area contributed by atoms with Gasteiger partial charge in [0.1, 0.15) is 12.7 Å². The van der Waals surface area contributed by atoms with Crippen LogP contribution in [0.2, 0.25) is 0 Å². The molecule has 9 heteroatoms. The second-order valence-corrected chi connectivity index (χ2v) is 4.46. The number of cyclic esters (lactones) is 1. The number of para-hydroxylation sites is 1. The third-order valence-electron chi connectivity index (χ3n) is 3.03. The van der Waals surface area contributed by atoms with Gasteiger partial charge in [0.2, 0.25) is 5.76 Å². The first-order chi connectivity index (χ1) is 10.5. The second-order valence-electron chi connectivity index (χ2n) is 4.46. The summed E-state index contributed by atoms with van der Waals surface area (Å²) in [7, 11) is 0. The van der Waals surface area contributed by atoms with E-state index in [1.54, 1.807) is 6.07 Å². The zero-order valence-corrected chi connectivity index (χ0v) is 11.2. The van der Waals surface area contributed by atoms with E-state index in [4.69, 9.17) is 9.84 Å². The number of hydrogen-bond donors (Lipinski definition) is 3. The van der Waals surface area contributed by atoms with Crippen molar-refractivity contribution in [3.05, 3.63) is 51.5 Å². The van der Waals surface area contributed by atoms with Gasteiger partial charge in [-0.2, -0.15) is 0 Å². The summed E-state index contributed by atoms with van der Waals surface area (Å²) in [5, 5.41) is 38.9. The van der Waals surface area contributed by atoms with Gasteiger partial charge in [0, 0.05) is 6.07 Å². The van der Waals surface area contributed by atoms with Crippen molar-refractivity contribution in [2.24, 2.45) is 0 Å². The lowest BCUT2D eigenvalue weighted by Gasteiger charge is -2.18. The van der Waals surface area contributed by atoms with Gasteiger partial charge < -0.3 is 24.8 Å². The van der Waals surface area contributed by atoms with Crippen molar-refractivity contribution in [1.29, 1.82) is 0 Å². The third kappa shape index (κ3) is 3.00. The first-order valence-electron chi connectivity index (χ1n) is 6.23. The monoisotopic (exact) mass is 311 g/mol. The van der Waals surface area contributed by atoms with E-state index in [9.17, 15) is 25.1 Å². The number of aliphatic hydroxyl groups is 3. The Labute approximate surface area is 124 Å². The van der Waals surface area contributed by atoms with Crippen molar-refractivity contribution < 1.29 is 34.5 Å². The van der Waals surface area contributed by atoms with Crippen molar-refractivity contribution in [2.75, 3.05) is 6.61 Å². The van der Waals surface area contributed by atoms with E-state index in [1.165, 1.54) is 18.2 Å². The maximum atomic E-state index is 11.3. The molecule has 0 radical (unpaired) electrons. The summed E-state index contributed by atoms with van der Waals surface area (Å²) in [4.78, 5) is 21.6. The van der Waals surface area contributed by atoms with Crippen LogP contribution < -0.4 is 0 Å². The number of nitrogens with zero attached hydrogens (tertiary/aromatic N) is 1. The number of rotatable bonds is 6. The highest BCUT2D eigenvalue weighted by Gasteiger charge is 2.40. The summed E-state index contributed by atoms with van der Waals surface area (Å²) in [6.45, 7) is -1.04. The number of benzene rings is 1. The van der Waals surface area contributed by atoms with Crippen LogP contribution in [0.5, 0.6) is 0 Å². The lowest BCUT2D eigenvalue weighted by atomic mass is 10.1. The minimum Gasteiger partial charge on any atom is -0.499 e. The molecule has 2 rings (SSSR count). The largest absolute Gasteiger partial charge is 0.499 e. The number of carbonyl (C=O) groups excluding carboxylic acids is 1. The van der Waals surface area contributed by atoms with Gasteiger partial charge >= 0.3 is 5.97 Å². The molecule has 3 N–H and O–H groups in total. The Kier molecular flexibility index (Phi) is 4.59. The summed E-state index contributed by atoms with van der Waals surface area (Å²) < 4.78 is 9.88. The quantitative estimate of drug-likeness (QED) is 0.383. The summed E-state index contributed by atoms with van der Waals surface area (Å²) in [5.74, 6) is -2.31. The number of nitro benzene ring substituents is 1. The van der Waals surface area contributed by atoms with Crippen molar-refractivity contribution in [3.8, 4) is 0 Å². The molecule has 0 aromatic heterocycles. The van der Waals surface area contributed by atoms with Crippen molar-refractivity contribution >= 4 is 11.7 Å². The van der Waals surface area contributed by atoms with Crippen molar-refractivity contribution in [3.63, 3.8) is 0 Å². The number of nitro groups is 1. The van der Waals surface area contributed by atoms with E-state index >= 15 is 0 Å². The molecule has 1 aliphatic rings. The minimum atomic E-state index is -1.48. The molecule has 0 bridgehead atoms. The molecule has 2 atom stereocenters. The molecule has 1 aromatic rings. The molecule has 2 unspecified atom stereocenters. The van der Waals surface area contributed by atoms with Crippen LogP contribution >= 0.6 is 0 Å². The van der Waals surface area contributed by atoms with Crippen LogP contribution in [0.15, 0.2) is 35.8 Å². The van der Waals surface area contributed by atoms with Crippen molar-refractivity contribution in [2.45, 2.75) is 18.8 Å². The Hall–Kier alpha value is -2.65. The topological polar surface area (TPSA) is 139 Å². The molecular formula is C13H13NO8. The average molecular weight is 311 g/mol. The first-order valence-corrected chi connectivity index (χ1v) is 6.23. The van der Waals surface area contributed by atoms with Crippen LogP contribution in [0.4, 0.5) is 5.69 Å². The molecule has 9 nitrogen and oxygen atoms in total. The maximum Gasteiger partial charge on any atom is 0.378 e. The highest BCUT2D eigenvalue weighted by molar-refractivity contribution is 5.89. The highest BCUT2D eigenvalue weighted by Crippen LogP contribution is 2.27. The minimum absolute atomic E-state index is 0.188. The Balaban J connectivity index is 2.19. The number of esters is 1. The van der Waals surface area contributed by atoms with Gasteiger partial charge in [-0.25, -0.2) is 4.79 Å². The summed E-state index contributed by atoms with van der Waals surface area (Å²) in [6.07, 6.45) is -2.84. The van der Waals surface area contributed by atoms with Crippen molar-refractivity contribution in [1.82, 2.24) is 0 Å². The summed E-state index contributed by atoms with van der Waals surface area (Å²) >= 11 is 0. The molecule has 0 amide bonds. The number of aliphatic hydroxyl groups excluding tert-OH is 3. The number of hydrogen-bond acceptors (Lipinski definition) is 8. The summed E-state index contributed by atoms with van der Waals surface area (Å²) in [6, 6.07) is 5.78. The molecule has 22 heavy (non-hydrogen) atoms. The fourth-order valence-electron chi connectivity index (χ4n) is 1.93. The van der Waals surface area contributed by atoms with Gasteiger partial charge in [-0.1, -0.05) is 12.1 Å². The van der Waals surface area contributed by atoms with Gasteiger partial charge in [0.15, 0.2) is 11.9 Å². The molecule has 0 fully saturated rings. The lowest BCUT2D eigenvalue weighted by molar-refractivity contribution is -0.385. The Bertz CT molecular complexity index is 626. The van der Waals surface area contributed by atoms with Gasteiger partial charge in [0.05, 0.1) is 17.1 Å². The molecule has 1 heterocycles. The van der Waals surface area contributed by atoms with E-state index in [1.807, 2.05) is 0 Å². The fraction of sp³-hybridized carbons (Fsp3) is 0.308. The third-order valence-corrected chi connectivity index (χ3v) is 3.03. The predicted octanol–water partition coefficient (Wildman–Crippen LogP) is 0.160. The Morgan fingerprint density at radius 1 is 1.41 bits per heavy atom. The van der Waals surface area contributed by atoms with E-state index in [0.29, 0.717) is 0 Å². The van der Waals surface area contributed by atoms with Crippen LogP contribution in [-0.2, 0) is 20.9 Å². The van der Waals surface area contributed by atoms with E-state index < -0.39 is 35.5 Å². The molecular weight excluding hydrogens is 298 g/mol. The highest BCUT2D eigenvalue weighted by atomic mass is 16.6. The maximum absolute atomic E-state index is 11.3. The van der Waals surface area contributed by atoms with E-state index in [-0.39, 0.29) is 23.6 Å². The summed E-state index contributed by atoms with van der Waals surface area (Å²) in [5.41, 5.74) is 0.0245. The fourth-order valence-corrected chi connectivity index (χ4v) is 1.93. The Morgan fingerprint density at radius 3 is 2.73 bits per heavy atom. The van der Waals surface area contributed by atoms with Crippen LogP contribution in [0, 0.1) is 10.1 Å². The average Bonchev–Trinajstić information content (AvgIpc) is 2.80. The molecule has 0 saturated carbocycles. The lowest BCUT2D eigenvalue weighted by Crippen LogP contribution is -2.32.